The molecule has 1 aliphatic heterocycles. The van der Waals surface area contributed by atoms with Gasteiger partial charge in [-0.3, -0.25) is 14.6 Å². The van der Waals surface area contributed by atoms with Crippen LogP contribution in [0.5, 0.6) is 0 Å². The van der Waals surface area contributed by atoms with Gasteiger partial charge in [0.15, 0.2) is 0 Å². The highest BCUT2D eigenvalue weighted by Crippen LogP contribution is 2.27. The zero-order chi connectivity index (χ0) is 20.4. The quantitative estimate of drug-likeness (QED) is 0.687. The van der Waals surface area contributed by atoms with E-state index in [4.69, 9.17) is 9.72 Å². The van der Waals surface area contributed by atoms with Gasteiger partial charge in [-0.05, 0) is 24.3 Å². The number of hydrogen-bond donors (Lipinski definition) is 0. The molecule has 3 aromatic rings. The standard InChI is InChI=1S/C22H22N4O3/c1-25(2)22(28)17-12-19(24-18-8-4-3-7-16(17)18)20-14-26(10-11-29-20)21(27)15-6-5-9-23-13-15/h3-9,12-13,20H,10-11,14H2,1-2H3/t20-/m0/s1. The highest BCUT2D eigenvalue weighted by atomic mass is 16.5. The maximum Gasteiger partial charge on any atom is 0.255 e. The van der Waals surface area contributed by atoms with Gasteiger partial charge < -0.3 is 14.5 Å². The van der Waals surface area contributed by atoms with Crippen LogP contribution < -0.4 is 0 Å². The van der Waals surface area contributed by atoms with Gasteiger partial charge >= 0.3 is 0 Å². The van der Waals surface area contributed by atoms with E-state index in [2.05, 4.69) is 4.98 Å². The van der Waals surface area contributed by atoms with E-state index in [1.54, 1.807) is 54.5 Å². The predicted molar refractivity (Wildman–Crippen MR) is 109 cm³/mol. The number of benzene rings is 1. The molecule has 0 saturated carbocycles. The number of morpholine rings is 1. The Morgan fingerprint density at radius 3 is 2.76 bits per heavy atom. The molecule has 2 aromatic heterocycles. The Labute approximate surface area is 168 Å². The number of fused-ring (bicyclic) bond motifs is 1. The molecular formula is C22H22N4O3. The normalized spacial score (nSPS) is 16.6. The van der Waals surface area contributed by atoms with Gasteiger partial charge in [0.25, 0.3) is 11.8 Å². The SMILES string of the molecule is CN(C)C(=O)c1cc([C@@H]2CN(C(=O)c3cccnc3)CCO2)nc2ccccc12. The summed E-state index contributed by atoms with van der Waals surface area (Å²) in [5.41, 5.74) is 2.50. The first-order valence-corrected chi connectivity index (χ1v) is 9.47. The van der Waals surface area contributed by atoms with Crippen LogP contribution in [-0.4, -0.2) is 65.4 Å². The van der Waals surface area contributed by atoms with E-state index in [9.17, 15) is 9.59 Å². The minimum absolute atomic E-state index is 0.0863. The molecule has 0 spiro atoms. The van der Waals surface area contributed by atoms with Crippen LogP contribution in [0.1, 0.15) is 32.5 Å². The van der Waals surface area contributed by atoms with Crippen LogP contribution >= 0.6 is 0 Å². The van der Waals surface area contributed by atoms with Gasteiger partial charge in [-0.25, -0.2) is 4.98 Å². The molecule has 2 amide bonds. The van der Waals surface area contributed by atoms with Crippen molar-refractivity contribution in [1.82, 2.24) is 19.8 Å². The molecule has 29 heavy (non-hydrogen) atoms. The third-order valence-electron chi connectivity index (χ3n) is 4.96. The Bertz CT molecular complexity index is 1050. The molecule has 1 aromatic carbocycles. The fourth-order valence-electron chi connectivity index (χ4n) is 3.46. The predicted octanol–water partition coefficient (Wildman–Crippen LogP) is 2.55. The number of carbonyl (C=O) groups is 2. The van der Waals surface area contributed by atoms with Gasteiger partial charge in [0.1, 0.15) is 6.10 Å². The third-order valence-corrected chi connectivity index (χ3v) is 4.96. The molecule has 0 bridgehead atoms. The summed E-state index contributed by atoms with van der Waals surface area (Å²) in [6.45, 7) is 1.28. The first kappa shape index (κ1) is 19.0. The molecule has 4 rings (SSSR count). The summed E-state index contributed by atoms with van der Waals surface area (Å²) in [5, 5.41) is 0.800. The van der Waals surface area contributed by atoms with E-state index in [0.717, 1.165) is 10.9 Å². The van der Waals surface area contributed by atoms with E-state index in [1.807, 2.05) is 24.3 Å². The molecule has 1 aliphatic rings. The van der Waals surface area contributed by atoms with Gasteiger partial charge in [-0.1, -0.05) is 18.2 Å². The largest absolute Gasteiger partial charge is 0.368 e. The van der Waals surface area contributed by atoms with Gasteiger partial charge in [0.05, 0.1) is 35.5 Å². The first-order valence-electron chi connectivity index (χ1n) is 9.47. The van der Waals surface area contributed by atoms with Crippen LogP contribution in [0.3, 0.4) is 0 Å². The van der Waals surface area contributed by atoms with Gasteiger partial charge in [-0.15, -0.1) is 0 Å². The summed E-state index contributed by atoms with van der Waals surface area (Å²) < 4.78 is 5.93. The second-order valence-corrected chi connectivity index (χ2v) is 7.16. The first-order chi connectivity index (χ1) is 14.0. The lowest BCUT2D eigenvalue weighted by Gasteiger charge is -2.33. The number of para-hydroxylation sites is 1. The lowest BCUT2D eigenvalue weighted by molar-refractivity contribution is -0.0246. The van der Waals surface area contributed by atoms with E-state index in [0.29, 0.717) is 36.5 Å². The lowest BCUT2D eigenvalue weighted by Crippen LogP contribution is -2.42. The molecule has 0 N–H and O–H groups in total. The molecule has 7 heteroatoms. The van der Waals surface area contributed by atoms with Crippen LogP contribution in [0.25, 0.3) is 10.9 Å². The molecule has 0 radical (unpaired) electrons. The van der Waals surface area contributed by atoms with Gasteiger partial charge in [-0.2, -0.15) is 0 Å². The summed E-state index contributed by atoms with van der Waals surface area (Å²) in [5.74, 6) is -0.180. The summed E-state index contributed by atoms with van der Waals surface area (Å²) in [6.07, 6.45) is 2.80. The van der Waals surface area contributed by atoms with Crippen molar-refractivity contribution < 1.29 is 14.3 Å². The van der Waals surface area contributed by atoms with Crippen molar-refractivity contribution in [2.75, 3.05) is 33.8 Å². The van der Waals surface area contributed by atoms with Crippen molar-refractivity contribution in [3.05, 3.63) is 71.7 Å². The second kappa shape index (κ2) is 7.97. The average molecular weight is 390 g/mol. The van der Waals surface area contributed by atoms with E-state index in [-0.39, 0.29) is 11.8 Å². The van der Waals surface area contributed by atoms with Crippen LogP contribution in [0.15, 0.2) is 54.9 Å². The number of ether oxygens (including phenoxy) is 1. The number of carbonyl (C=O) groups excluding carboxylic acids is 2. The zero-order valence-corrected chi connectivity index (χ0v) is 16.4. The summed E-state index contributed by atoms with van der Waals surface area (Å²) in [6, 6.07) is 12.8. The van der Waals surface area contributed by atoms with Crippen LogP contribution in [0.2, 0.25) is 0 Å². The van der Waals surface area contributed by atoms with Crippen molar-refractivity contribution >= 4 is 22.7 Å². The molecule has 1 saturated heterocycles. The lowest BCUT2D eigenvalue weighted by atomic mass is 10.0. The Morgan fingerprint density at radius 2 is 2.00 bits per heavy atom. The molecule has 3 heterocycles. The number of nitrogens with zero attached hydrogens (tertiary/aromatic N) is 4. The molecule has 1 atom stereocenters. The zero-order valence-electron chi connectivity index (χ0n) is 16.4. The van der Waals surface area contributed by atoms with E-state index in [1.165, 1.54) is 0 Å². The molecule has 1 fully saturated rings. The molecule has 7 nitrogen and oxygen atoms in total. The minimum Gasteiger partial charge on any atom is -0.368 e. The van der Waals surface area contributed by atoms with Gasteiger partial charge in [0, 0.05) is 38.4 Å². The minimum atomic E-state index is -0.400. The smallest absolute Gasteiger partial charge is 0.255 e. The molecular weight excluding hydrogens is 368 g/mol. The second-order valence-electron chi connectivity index (χ2n) is 7.16. The van der Waals surface area contributed by atoms with E-state index >= 15 is 0 Å². The number of aromatic nitrogens is 2. The Morgan fingerprint density at radius 1 is 1.17 bits per heavy atom. The topological polar surface area (TPSA) is 75.6 Å². The highest BCUT2D eigenvalue weighted by molar-refractivity contribution is 6.06. The van der Waals surface area contributed by atoms with Crippen molar-refractivity contribution in [2.45, 2.75) is 6.10 Å². The van der Waals surface area contributed by atoms with Crippen molar-refractivity contribution in [3.63, 3.8) is 0 Å². The maximum atomic E-state index is 12.8. The monoisotopic (exact) mass is 390 g/mol. The fourth-order valence-corrected chi connectivity index (χ4v) is 3.46. The number of hydrogen-bond acceptors (Lipinski definition) is 5. The van der Waals surface area contributed by atoms with Crippen LogP contribution in [0.4, 0.5) is 0 Å². The summed E-state index contributed by atoms with van der Waals surface area (Å²) >= 11 is 0. The molecule has 148 valence electrons. The van der Waals surface area contributed by atoms with Crippen molar-refractivity contribution in [2.24, 2.45) is 0 Å². The fraction of sp³-hybridized carbons (Fsp3) is 0.273. The molecule has 0 unspecified atom stereocenters. The summed E-state index contributed by atoms with van der Waals surface area (Å²) in [4.78, 5) is 37.6. The van der Waals surface area contributed by atoms with Crippen molar-refractivity contribution in [1.29, 1.82) is 0 Å². The highest BCUT2D eigenvalue weighted by Gasteiger charge is 2.28. The van der Waals surface area contributed by atoms with Crippen molar-refractivity contribution in [3.8, 4) is 0 Å². The average Bonchev–Trinajstić information content (AvgIpc) is 2.78. The number of rotatable bonds is 3. The Balaban J connectivity index is 1.67. The maximum absolute atomic E-state index is 12.8. The van der Waals surface area contributed by atoms with Crippen LogP contribution in [0, 0.1) is 0 Å². The molecule has 0 aliphatic carbocycles. The third kappa shape index (κ3) is 3.82. The number of amides is 2. The van der Waals surface area contributed by atoms with E-state index < -0.39 is 6.10 Å². The number of pyridine rings is 2. The summed E-state index contributed by atoms with van der Waals surface area (Å²) in [7, 11) is 3.45. The Kier molecular flexibility index (Phi) is 5.22. The Hall–Kier alpha value is -3.32. The van der Waals surface area contributed by atoms with Gasteiger partial charge in [0.2, 0.25) is 0 Å². The van der Waals surface area contributed by atoms with Crippen LogP contribution in [-0.2, 0) is 4.74 Å².